The minimum atomic E-state index is -0.293. The molecule has 1 fully saturated rings. The van der Waals surface area contributed by atoms with Gasteiger partial charge in [-0.25, -0.2) is 0 Å². The fourth-order valence-electron chi connectivity index (χ4n) is 3.03. The van der Waals surface area contributed by atoms with Gasteiger partial charge in [0.25, 0.3) is 0 Å². The number of hydrogen-bond donors (Lipinski definition) is 1. The smallest absolute Gasteiger partial charge is 0.170 e. The number of carbonyl (C=O) groups excluding carboxylic acids is 2. The molecule has 5 heteroatoms. The van der Waals surface area contributed by atoms with Crippen LogP contribution in [0.5, 0.6) is 5.75 Å². The molecule has 0 aromatic heterocycles. The molecule has 1 aliphatic rings. The number of aliphatic hydroxyl groups is 1. The molecule has 1 aliphatic carbocycles. The quantitative estimate of drug-likeness (QED) is 0.437. The molecule has 0 amide bonds. The Hall–Kier alpha value is -2.40. The maximum Gasteiger partial charge on any atom is 0.170 e. The van der Waals surface area contributed by atoms with Crippen LogP contribution in [0.2, 0.25) is 0 Å². The van der Waals surface area contributed by atoms with Crippen molar-refractivity contribution in [2.24, 2.45) is 0 Å². The number of Topliss-reactive ketones (excluding diaryl/α,β-unsaturated/α-hetero) is 2. The van der Waals surface area contributed by atoms with Crippen LogP contribution in [0.1, 0.15) is 36.0 Å². The van der Waals surface area contributed by atoms with Crippen molar-refractivity contribution in [2.45, 2.75) is 32.8 Å². The van der Waals surface area contributed by atoms with Gasteiger partial charge in [-0.05, 0) is 37.1 Å². The van der Waals surface area contributed by atoms with E-state index in [1.807, 2.05) is 24.3 Å². The summed E-state index contributed by atoms with van der Waals surface area (Å²) < 4.78 is 6.86. The standard InChI is InChI=1S/C21H19BrO4/c1-13-16(21(25)20-17(23)8-4-9-18(20)24)7-3-10-19(13)26-12-14-5-2-6-15(22)11-14/h2-3,5-7,10-11,25H,4,8-9,12H2,1H3. The molecule has 0 unspecified atom stereocenters. The van der Waals surface area contributed by atoms with Gasteiger partial charge in [0.05, 0.1) is 0 Å². The van der Waals surface area contributed by atoms with E-state index in [9.17, 15) is 14.7 Å². The fourth-order valence-corrected chi connectivity index (χ4v) is 3.48. The summed E-state index contributed by atoms with van der Waals surface area (Å²) in [5, 5.41) is 10.6. The summed E-state index contributed by atoms with van der Waals surface area (Å²) in [5.41, 5.74) is 2.07. The minimum Gasteiger partial charge on any atom is -0.506 e. The van der Waals surface area contributed by atoms with Crippen LogP contribution in [0.25, 0.3) is 5.76 Å². The van der Waals surface area contributed by atoms with Crippen molar-refractivity contribution >= 4 is 33.3 Å². The van der Waals surface area contributed by atoms with Gasteiger partial charge in [-0.2, -0.15) is 0 Å². The monoisotopic (exact) mass is 414 g/mol. The first-order chi connectivity index (χ1) is 12.5. The van der Waals surface area contributed by atoms with E-state index in [0.29, 0.717) is 42.7 Å². The van der Waals surface area contributed by atoms with E-state index in [0.717, 1.165) is 10.0 Å². The van der Waals surface area contributed by atoms with Gasteiger partial charge in [-0.15, -0.1) is 0 Å². The Kier molecular flexibility index (Phi) is 5.57. The molecule has 0 radical (unpaired) electrons. The van der Waals surface area contributed by atoms with Crippen molar-refractivity contribution in [3.63, 3.8) is 0 Å². The highest BCUT2D eigenvalue weighted by Gasteiger charge is 2.28. The summed E-state index contributed by atoms with van der Waals surface area (Å²) in [6.45, 7) is 2.18. The molecule has 26 heavy (non-hydrogen) atoms. The molecule has 1 saturated carbocycles. The van der Waals surface area contributed by atoms with Crippen molar-refractivity contribution in [1.29, 1.82) is 0 Å². The molecule has 134 valence electrons. The van der Waals surface area contributed by atoms with Crippen molar-refractivity contribution in [3.05, 3.63) is 69.2 Å². The zero-order chi connectivity index (χ0) is 18.7. The van der Waals surface area contributed by atoms with Gasteiger partial charge in [0.15, 0.2) is 11.6 Å². The first-order valence-electron chi connectivity index (χ1n) is 8.44. The highest BCUT2D eigenvalue weighted by molar-refractivity contribution is 9.10. The Morgan fingerprint density at radius 2 is 1.81 bits per heavy atom. The highest BCUT2D eigenvalue weighted by Crippen LogP contribution is 2.31. The van der Waals surface area contributed by atoms with Gasteiger partial charge in [-0.3, -0.25) is 9.59 Å². The van der Waals surface area contributed by atoms with Crippen molar-refractivity contribution in [1.82, 2.24) is 0 Å². The molecular weight excluding hydrogens is 396 g/mol. The molecule has 0 aliphatic heterocycles. The number of aliphatic hydroxyl groups excluding tert-OH is 1. The largest absolute Gasteiger partial charge is 0.506 e. The third-order valence-electron chi connectivity index (χ3n) is 4.42. The first-order valence-corrected chi connectivity index (χ1v) is 9.23. The number of rotatable bonds is 4. The normalized spacial score (nSPS) is 14.5. The van der Waals surface area contributed by atoms with Crippen LogP contribution in [-0.4, -0.2) is 16.7 Å². The summed E-state index contributed by atoms with van der Waals surface area (Å²) in [6, 6.07) is 13.0. The van der Waals surface area contributed by atoms with Crippen LogP contribution in [0, 0.1) is 6.92 Å². The van der Waals surface area contributed by atoms with Gasteiger partial charge in [0, 0.05) is 28.4 Å². The molecular formula is C21H19BrO4. The molecule has 0 spiro atoms. The molecule has 1 N–H and O–H groups in total. The Morgan fingerprint density at radius 1 is 1.12 bits per heavy atom. The summed E-state index contributed by atoms with van der Waals surface area (Å²) in [5.74, 6) is -0.229. The third-order valence-corrected chi connectivity index (χ3v) is 4.92. The van der Waals surface area contributed by atoms with E-state index in [2.05, 4.69) is 15.9 Å². The van der Waals surface area contributed by atoms with E-state index in [4.69, 9.17) is 4.74 Å². The lowest BCUT2D eigenvalue weighted by Crippen LogP contribution is -2.20. The molecule has 2 aromatic rings. The lowest BCUT2D eigenvalue weighted by molar-refractivity contribution is -0.123. The number of ketones is 2. The Morgan fingerprint density at radius 3 is 2.50 bits per heavy atom. The second kappa shape index (κ2) is 7.87. The van der Waals surface area contributed by atoms with Crippen molar-refractivity contribution in [3.8, 4) is 5.75 Å². The van der Waals surface area contributed by atoms with Crippen LogP contribution in [0.3, 0.4) is 0 Å². The third kappa shape index (κ3) is 3.88. The van der Waals surface area contributed by atoms with Crippen LogP contribution in [-0.2, 0) is 16.2 Å². The van der Waals surface area contributed by atoms with Crippen LogP contribution >= 0.6 is 15.9 Å². The van der Waals surface area contributed by atoms with E-state index < -0.39 is 0 Å². The molecule has 3 rings (SSSR count). The number of carbonyl (C=O) groups is 2. The predicted molar refractivity (Wildman–Crippen MR) is 103 cm³/mol. The van der Waals surface area contributed by atoms with E-state index in [1.54, 1.807) is 25.1 Å². The fraction of sp³-hybridized carbons (Fsp3) is 0.238. The van der Waals surface area contributed by atoms with Crippen LogP contribution in [0.4, 0.5) is 0 Å². The Balaban J connectivity index is 1.89. The molecule has 2 aromatic carbocycles. The number of hydrogen-bond acceptors (Lipinski definition) is 4. The zero-order valence-electron chi connectivity index (χ0n) is 14.4. The van der Waals surface area contributed by atoms with Gasteiger partial charge in [-0.1, -0.05) is 40.2 Å². The zero-order valence-corrected chi connectivity index (χ0v) is 16.0. The number of benzene rings is 2. The van der Waals surface area contributed by atoms with Crippen LogP contribution in [0.15, 0.2) is 52.5 Å². The van der Waals surface area contributed by atoms with Gasteiger partial charge in [0.2, 0.25) is 0 Å². The lowest BCUT2D eigenvalue weighted by Gasteiger charge is -2.17. The molecule has 4 nitrogen and oxygen atoms in total. The SMILES string of the molecule is Cc1c(OCc2cccc(Br)c2)cccc1C(O)=C1C(=O)CCCC1=O. The summed E-state index contributed by atoms with van der Waals surface area (Å²) in [7, 11) is 0. The molecule has 0 bridgehead atoms. The van der Waals surface area contributed by atoms with Crippen molar-refractivity contribution in [2.75, 3.05) is 0 Å². The van der Waals surface area contributed by atoms with Gasteiger partial charge in [0.1, 0.15) is 23.7 Å². The first kappa shape index (κ1) is 18.4. The van der Waals surface area contributed by atoms with E-state index >= 15 is 0 Å². The maximum absolute atomic E-state index is 12.1. The molecule has 0 saturated heterocycles. The molecule has 0 heterocycles. The van der Waals surface area contributed by atoms with Gasteiger partial charge >= 0.3 is 0 Å². The topological polar surface area (TPSA) is 63.6 Å². The molecule has 0 atom stereocenters. The number of ether oxygens (including phenoxy) is 1. The number of allylic oxidation sites excluding steroid dienone is 1. The number of halogens is 1. The predicted octanol–water partition coefficient (Wildman–Crippen LogP) is 4.93. The summed E-state index contributed by atoms with van der Waals surface area (Å²) >= 11 is 3.43. The lowest BCUT2D eigenvalue weighted by atomic mass is 9.89. The summed E-state index contributed by atoms with van der Waals surface area (Å²) in [6.07, 6.45) is 1.13. The van der Waals surface area contributed by atoms with E-state index in [-0.39, 0.29) is 22.9 Å². The van der Waals surface area contributed by atoms with E-state index in [1.165, 1.54) is 0 Å². The second-order valence-electron chi connectivity index (χ2n) is 6.27. The maximum atomic E-state index is 12.1. The highest BCUT2D eigenvalue weighted by atomic mass is 79.9. The Bertz CT molecular complexity index is 881. The van der Waals surface area contributed by atoms with Gasteiger partial charge < -0.3 is 9.84 Å². The average Bonchev–Trinajstić information content (AvgIpc) is 2.60. The Labute approximate surface area is 160 Å². The summed E-state index contributed by atoms with van der Waals surface area (Å²) in [4.78, 5) is 24.2. The minimum absolute atomic E-state index is 0.0801. The van der Waals surface area contributed by atoms with Crippen LogP contribution < -0.4 is 4.74 Å². The average molecular weight is 415 g/mol. The second-order valence-corrected chi connectivity index (χ2v) is 7.19. The van der Waals surface area contributed by atoms with Crippen molar-refractivity contribution < 1.29 is 19.4 Å².